The van der Waals surface area contributed by atoms with Crippen molar-refractivity contribution in [3.05, 3.63) is 0 Å². The van der Waals surface area contributed by atoms with Crippen LogP contribution in [0.5, 0.6) is 0 Å². The summed E-state index contributed by atoms with van der Waals surface area (Å²) < 4.78 is 0. The zero-order chi connectivity index (χ0) is 7.98. The van der Waals surface area contributed by atoms with E-state index >= 15 is 0 Å². The molecule has 0 aromatic heterocycles. The Labute approximate surface area is 72.7 Å². The molecule has 1 nitrogen and oxygen atoms in total. The molecule has 0 aliphatic rings. The lowest BCUT2D eigenvalue weighted by atomic mass is 10.2. The first-order valence-electron chi connectivity index (χ1n) is 3.96. The fourth-order valence-corrected chi connectivity index (χ4v) is 1.39. The van der Waals surface area contributed by atoms with E-state index in [4.69, 9.17) is 0 Å². The molecule has 10 heavy (non-hydrogen) atoms. The highest BCUT2D eigenvalue weighted by atomic mass is 79.9. The minimum atomic E-state index is 0.654. The van der Waals surface area contributed by atoms with Crippen molar-refractivity contribution in [2.45, 2.75) is 33.2 Å². The molecule has 0 aliphatic heterocycles. The van der Waals surface area contributed by atoms with Crippen LogP contribution >= 0.6 is 15.9 Å². The Bertz CT molecular complexity index is 73.7. The van der Waals surface area contributed by atoms with E-state index in [1.807, 2.05) is 0 Å². The van der Waals surface area contributed by atoms with Crippen LogP contribution in [0.2, 0.25) is 0 Å². The standard InChI is InChI=1S/C8H18BrN/c1-7(2)6-10-8(3)4-5-9/h7-8,10H,4-6H2,1-3H3. The van der Waals surface area contributed by atoms with Crippen LogP contribution in [-0.4, -0.2) is 17.9 Å². The highest BCUT2D eigenvalue weighted by Crippen LogP contribution is 1.96. The van der Waals surface area contributed by atoms with Gasteiger partial charge < -0.3 is 5.32 Å². The van der Waals surface area contributed by atoms with Gasteiger partial charge in [-0.3, -0.25) is 0 Å². The maximum Gasteiger partial charge on any atom is 0.00467 e. The molecule has 0 rings (SSSR count). The van der Waals surface area contributed by atoms with Crippen LogP contribution in [0.1, 0.15) is 27.2 Å². The maximum atomic E-state index is 3.45. The van der Waals surface area contributed by atoms with Crippen LogP contribution in [0.25, 0.3) is 0 Å². The lowest BCUT2D eigenvalue weighted by molar-refractivity contribution is 0.478. The summed E-state index contributed by atoms with van der Waals surface area (Å²) in [5.41, 5.74) is 0. The molecule has 0 radical (unpaired) electrons. The lowest BCUT2D eigenvalue weighted by Gasteiger charge is -2.13. The molecule has 1 atom stereocenters. The predicted molar refractivity (Wildman–Crippen MR) is 50.7 cm³/mol. The smallest absolute Gasteiger partial charge is 0.00467 e. The van der Waals surface area contributed by atoms with Crippen molar-refractivity contribution in [3.63, 3.8) is 0 Å². The minimum Gasteiger partial charge on any atom is -0.314 e. The van der Waals surface area contributed by atoms with Crippen molar-refractivity contribution in [1.82, 2.24) is 5.32 Å². The second kappa shape index (κ2) is 6.17. The SMILES string of the molecule is CC(C)CNC(C)CCBr. The average Bonchev–Trinajstić information content (AvgIpc) is 1.85. The van der Waals surface area contributed by atoms with Gasteiger partial charge >= 0.3 is 0 Å². The highest BCUT2D eigenvalue weighted by molar-refractivity contribution is 9.09. The Morgan fingerprint density at radius 1 is 1.30 bits per heavy atom. The fraction of sp³-hybridized carbons (Fsp3) is 1.00. The third-order valence-electron chi connectivity index (χ3n) is 1.42. The van der Waals surface area contributed by atoms with E-state index in [-0.39, 0.29) is 0 Å². The monoisotopic (exact) mass is 207 g/mol. The van der Waals surface area contributed by atoms with Gasteiger partial charge in [0, 0.05) is 11.4 Å². The first kappa shape index (κ1) is 10.4. The Kier molecular flexibility index (Phi) is 6.44. The van der Waals surface area contributed by atoms with Crippen molar-refractivity contribution >= 4 is 15.9 Å². The molecule has 0 saturated heterocycles. The van der Waals surface area contributed by atoms with Crippen LogP contribution in [0.4, 0.5) is 0 Å². The second-order valence-corrected chi connectivity index (χ2v) is 3.97. The third-order valence-corrected chi connectivity index (χ3v) is 1.87. The van der Waals surface area contributed by atoms with Crippen molar-refractivity contribution in [3.8, 4) is 0 Å². The molecule has 0 amide bonds. The zero-order valence-electron chi connectivity index (χ0n) is 7.15. The van der Waals surface area contributed by atoms with Crippen LogP contribution in [0, 0.1) is 5.92 Å². The number of hydrogen-bond acceptors (Lipinski definition) is 1. The summed E-state index contributed by atoms with van der Waals surface area (Å²) in [6.45, 7) is 7.82. The highest BCUT2D eigenvalue weighted by Gasteiger charge is 1.99. The molecule has 0 spiro atoms. The quantitative estimate of drug-likeness (QED) is 0.684. The maximum absolute atomic E-state index is 3.45. The molecule has 0 heterocycles. The second-order valence-electron chi connectivity index (χ2n) is 3.18. The molecule has 0 aromatic carbocycles. The Hall–Kier alpha value is 0.440. The molecule has 0 saturated carbocycles. The normalized spacial score (nSPS) is 14.1. The minimum absolute atomic E-state index is 0.654. The van der Waals surface area contributed by atoms with Crippen LogP contribution in [-0.2, 0) is 0 Å². The summed E-state index contributed by atoms with van der Waals surface area (Å²) >= 11 is 3.42. The van der Waals surface area contributed by atoms with E-state index in [0.29, 0.717) is 6.04 Å². The largest absolute Gasteiger partial charge is 0.314 e. The topological polar surface area (TPSA) is 12.0 Å². The predicted octanol–water partition coefficient (Wildman–Crippen LogP) is 2.41. The third kappa shape index (κ3) is 6.56. The molecule has 0 aliphatic carbocycles. The van der Waals surface area contributed by atoms with Gasteiger partial charge in [0.15, 0.2) is 0 Å². The molecular formula is C8H18BrN. The van der Waals surface area contributed by atoms with Crippen molar-refractivity contribution in [2.24, 2.45) is 5.92 Å². The number of rotatable bonds is 5. The molecule has 0 bridgehead atoms. The zero-order valence-corrected chi connectivity index (χ0v) is 8.74. The summed E-state index contributed by atoms with van der Waals surface area (Å²) in [5.74, 6) is 0.762. The summed E-state index contributed by atoms with van der Waals surface area (Å²) in [6, 6.07) is 0.654. The van der Waals surface area contributed by atoms with Crippen LogP contribution in [0.15, 0.2) is 0 Å². The van der Waals surface area contributed by atoms with Gasteiger partial charge in [-0.2, -0.15) is 0 Å². The number of nitrogens with one attached hydrogen (secondary N) is 1. The number of alkyl halides is 1. The van der Waals surface area contributed by atoms with Crippen molar-refractivity contribution in [2.75, 3.05) is 11.9 Å². The summed E-state index contributed by atoms with van der Waals surface area (Å²) in [6.07, 6.45) is 1.22. The van der Waals surface area contributed by atoms with Gasteiger partial charge in [0.2, 0.25) is 0 Å². The Morgan fingerprint density at radius 2 is 1.90 bits per heavy atom. The molecule has 2 heteroatoms. The first-order chi connectivity index (χ1) is 4.66. The van der Waals surface area contributed by atoms with Gasteiger partial charge in [0.1, 0.15) is 0 Å². The number of halogens is 1. The van der Waals surface area contributed by atoms with Gasteiger partial charge in [0.05, 0.1) is 0 Å². The molecule has 0 fully saturated rings. The van der Waals surface area contributed by atoms with E-state index in [0.717, 1.165) is 17.8 Å². The molecular weight excluding hydrogens is 190 g/mol. The Morgan fingerprint density at radius 3 is 2.30 bits per heavy atom. The van der Waals surface area contributed by atoms with Gasteiger partial charge in [-0.05, 0) is 25.8 Å². The molecule has 62 valence electrons. The van der Waals surface area contributed by atoms with Gasteiger partial charge in [0.25, 0.3) is 0 Å². The molecule has 1 N–H and O–H groups in total. The molecule has 0 aromatic rings. The summed E-state index contributed by atoms with van der Waals surface area (Å²) in [4.78, 5) is 0. The first-order valence-corrected chi connectivity index (χ1v) is 5.08. The average molecular weight is 208 g/mol. The summed E-state index contributed by atoms with van der Waals surface area (Å²) in [7, 11) is 0. The number of hydrogen-bond donors (Lipinski definition) is 1. The van der Waals surface area contributed by atoms with Crippen molar-refractivity contribution in [1.29, 1.82) is 0 Å². The fourth-order valence-electron chi connectivity index (χ4n) is 0.703. The lowest BCUT2D eigenvalue weighted by Crippen LogP contribution is -2.29. The van der Waals surface area contributed by atoms with E-state index in [2.05, 4.69) is 42.0 Å². The van der Waals surface area contributed by atoms with Crippen LogP contribution in [0.3, 0.4) is 0 Å². The van der Waals surface area contributed by atoms with E-state index in [9.17, 15) is 0 Å². The van der Waals surface area contributed by atoms with E-state index < -0.39 is 0 Å². The Balaban J connectivity index is 3.12. The van der Waals surface area contributed by atoms with Gasteiger partial charge in [-0.25, -0.2) is 0 Å². The summed E-state index contributed by atoms with van der Waals surface area (Å²) in [5, 5.41) is 4.55. The van der Waals surface area contributed by atoms with Gasteiger partial charge in [-0.15, -0.1) is 0 Å². The van der Waals surface area contributed by atoms with E-state index in [1.165, 1.54) is 6.42 Å². The van der Waals surface area contributed by atoms with Gasteiger partial charge in [-0.1, -0.05) is 29.8 Å². The van der Waals surface area contributed by atoms with Crippen LogP contribution < -0.4 is 5.32 Å². The van der Waals surface area contributed by atoms with E-state index in [1.54, 1.807) is 0 Å². The van der Waals surface area contributed by atoms with Crippen molar-refractivity contribution < 1.29 is 0 Å². The molecule has 1 unspecified atom stereocenters.